The zero-order valence-corrected chi connectivity index (χ0v) is 13.7. The maximum absolute atomic E-state index is 9.64. The van der Waals surface area contributed by atoms with Gasteiger partial charge in [-0.2, -0.15) is 0 Å². The molecule has 0 bridgehead atoms. The van der Waals surface area contributed by atoms with Crippen molar-refractivity contribution in [1.82, 2.24) is 9.97 Å². The van der Waals surface area contributed by atoms with E-state index in [9.17, 15) is 5.11 Å². The first-order valence-corrected chi connectivity index (χ1v) is 8.37. The van der Waals surface area contributed by atoms with Gasteiger partial charge in [-0.15, -0.1) is 0 Å². The molecule has 2 rings (SSSR count). The maximum Gasteiger partial charge on any atom is 0.131 e. The van der Waals surface area contributed by atoms with Crippen LogP contribution >= 0.6 is 0 Å². The molecule has 2 heterocycles. The smallest absolute Gasteiger partial charge is 0.131 e. The predicted molar refractivity (Wildman–Crippen MR) is 86.5 cm³/mol. The quantitative estimate of drug-likeness (QED) is 0.902. The standard InChI is InChI=1S/C17H29N3O/c1-4-6-14-7-5-9-20(10-8-14)16-11-18-17(13(2)3)19-15(16)12-21/h11,13-14,21H,4-10,12H2,1-3H3. The molecule has 4 heteroatoms. The summed E-state index contributed by atoms with van der Waals surface area (Å²) >= 11 is 0. The van der Waals surface area contributed by atoms with E-state index in [1.54, 1.807) is 0 Å². The minimum atomic E-state index is -0.00748. The van der Waals surface area contributed by atoms with Crippen LogP contribution in [0.3, 0.4) is 0 Å². The summed E-state index contributed by atoms with van der Waals surface area (Å²) in [5.41, 5.74) is 1.81. The van der Waals surface area contributed by atoms with Gasteiger partial charge in [0.1, 0.15) is 5.82 Å². The lowest BCUT2D eigenvalue weighted by molar-refractivity contribution is 0.276. The summed E-state index contributed by atoms with van der Waals surface area (Å²) in [5.74, 6) is 1.97. The first-order chi connectivity index (χ1) is 10.2. The topological polar surface area (TPSA) is 49.2 Å². The van der Waals surface area contributed by atoms with Gasteiger partial charge in [0.05, 0.1) is 24.2 Å². The van der Waals surface area contributed by atoms with Crippen LogP contribution in [0.1, 0.15) is 70.3 Å². The fraction of sp³-hybridized carbons (Fsp3) is 0.765. The molecule has 0 aromatic carbocycles. The van der Waals surface area contributed by atoms with Crippen molar-refractivity contribution in [1.29, 1.82) is 0 Å². The van der Waals surface area contributed by atoms with Gasteiger partial charge in [0, 0.05) is 19.0 Å². The van der Waals surface area contributed by atoms with Crippen LogP contribution in [0.4, 0.5) is 5.69 Å². The second kappa shape index (κ2) is 7.74. The highest BCUT2D eigenvalue weighted by Gasteiger charge is 2.20. The van der Waals surface area contributed by atoms with Gasteiger partial charge in [0.15, 0.2) is 0 Å². The summed E-state index contributed by atoms with van der Waals surface area (Å²) in [7, 11) is 0. The summed E-state index contributed by atoms with van der Waals surface area (Å²) in [6.07, 6.45) is 8.31. The molecule has 0 amide bonds. The molecule has 4 nitrogen and oxygen atoms in total. The minimum Gasteiger partial charge on any atom is -0.390 e. The van der Waals surface area contributed by atoms with E-state index < -0.39 is 0 Å². The van der Waals surface area contributed by atoms with Crippen LogP contribution in [-0.2, 0) is 6.61 Å². The average Bonchev–Trinajstić information content (AvgIpc) is 2.72. The number of hydrogen-bond donors (Lipinski definition) is 1. The Morgan fingerprint density at radius 1 is 1.33 bits per heavy atom. The lowest BCUT2D eigenvalue weighted by atomic mass is 9.96. The van der Waals surface area contributed by atoms with E-state index in [1.165, 1.54) is 32.1 Å². The van der Waals surface area contributed by atoms with E-state index in [0.717, 1.165) is 36.2 Å². The molecule has 1 aromatic heterocycles. The van der Waals surface area contributed by atoms with Crippen molar-refractivity contribution < 1.29 is 5.11 Å². The molecule has 1 atom stereocenters. The van der Waals surface area contributed by atoms with Crippen molar-refractivity contribution in [2.45, 2.75) is 65.4 Å². The van der Waals surface area contributed by atoms with Crippen molar-refractivity contribution in [2.75, 3.05) is 18.0 Å². The van der Waals surface area contributed by atoms with Crippen LogP contribution < -0.4 is 4.90 Å². The first-order valence-electron chi connectivity index (χ1n) is 8.37. The largest absolute Gasteiger partial charge is 0.390 e. The van der Waals surface area contributed by atoms with Gasteiger partial charge >= 0.3 is 0 Å². The molecule has 21 heavy (non-hydrogen) atoms. The highest BCUT2D eigenvalue weighted by atomic mass is 16.3. The molecule has 0 spiro atoms. The van der Waals surface area contributed by atoms with E-state index in [0.29, 0.717) is 5.92 Å². The zero-order chi connectivity index (χ0) is 15.2. The molecule has 1 aliphatic rings. The molecule has 0 saturated carbocycles. The Morgan fingerprint density at radius 2 is 2.14 bits per heavy atom. The predicted octanol–water partition coefficient (Wildman–Crippen LogP) is 3.50. The normalized spacial score (nSPS) is 19.9. The number of nitrogens with zero attached hydrogens (tertiary/aromatic N) is 3. The SMILES string of the molecule is CCCC1CCCN(c2cnc(C(C)C)nc2CO)CC1. The van der Waals surface area contributed by atoms with Crippen LogP contribution in [0.2, 0.25) is 0 Å². The number of aliphatic hydroxyl groups is 1. The van der Waals surface area contributed by atoms with Crippen molar-refractivity contribution >= 4 is 5.69 Å². The Bertz CT molecular complexity index is 448. The van der Waals surface area contributed by atoms with Gasteiger partial charge in [-0.05, 0) is 25.2 Å². The van der Waals surface area contributed by atoms with Crippen molar-refractivity contribution in [2.24, 2.45) is 5.92 Å². The molecular weight excluding hydrogens is 262 g/mol. The Kier molecular flexibility index (Phi) is 5.97. The summed E-state index contributed by atoms with van der Waals surface area (Å²) in [6.45, 7) is 8.53. The molecule has 0 radical (unpaired) electrons. The molecule has 0 aliphatic carbocycles. The number of hydrogen-bond acceptors (Lipinski definition) is 4. The number of anilines is 1. The Balaban J connectivity index is 2.13. The van der Waals surface area contributed by atoms with Gasteiger partial charge in [0.25, 0.3) is 0 Å². The van der Waals surface area contributed by atoms with Crippen molar-refractivity contribution in [3.05, 3.63) is 17.7 Å². The Hall–Kier alpha value is -1.16. The lowest BCUT2D eigenvalue weighted by Gasteiger charge is -2.24. The average molecular weight is 291 g/mol. The van der Waals surface area contributed by atoms with Crippen molar-refractivity contribution in [3.8, 4) is 0 Å². The molecule has 1 N–H and O–H groups in total. The van der Waals surface area contributed by atoms with Gasteiger partial charge in [-0.3, -0.25) is 0 Å². The second-order valence-electron chi connectivity index (χ2n) is 6.45. The van der Waals surface area contributed by atoms with Crippen LogP contribution in [0.25, 0.3) is 0 Å². The fourth-order valence-electron chi connectivity index (χ4n) is 3.19. The molecular formula is C17H29N3O. The maximum atomic E-state index is 9.64. The van der Waals surface area contributed by atoms with E-state index in [4.69, 9.17) is 0 Å². The molecule has 1 unspecified atom stereocenters. The van der Waals surface area contributed by atoms with E-state index in [1.807, 2.05) is 6.20 Å². The van der Waals surface area contributed by atoms with Crippen molar-refractivity contribution in [3.63, 3.8) is 0 Å². The third-order valence-electron chi connectivity index (χ3n) is 4.42. The lowest BCUT2D eigenvalue weighted by Crippen LogP contribution is -2.26. The van der Waals surface area contributed by atoms with Crippen LogP contribution in [0.5, 0.6) is 0 Å². The van der Waals surface area contributed by atoms with E-state index in [2.05, 4.69) is 35.6 Å². The fourth-order valence-corrected chi connectivity index (χ4v) is 3.19. The summed E-state index contributed by atoms with van der Waals surface area (Å²) < 4.78 is 0. The Labute approximate surface area is 128 Å². The highest BCUT2D eigenvalue weighted by Crippen LogP contribution is 2.27. The number of aromatic nitrogens is 2. The molecule has 1 fully saturated rings. The third kappa shape index (κ3) is 4.16. The Morgan fingerprint density at radius 3 is 2.81 bits per heavy atom. The monoisotopic (exact) mass is 291 g/mol. The summed E-state index contributed by atoms with van der Waals surface area (Å²) in [5, 5.41) is 9.64. The second-order valence-corrected chi connectivity index (χ2v) is 6.45. The van der Waals surface area contributed by atoms with E-state index >= 15 is 0 Å². The minimum absolute atomic E-state index is 0.00748. The van der Waals surface area contributed by atoms with E-state index in [-0.39, 0.29) is 6.61 Å². The van der Waals surface area contributed by atoms with Gasteiger partial charge in [0.2, 0.25) is 0 Å². The molecule has 118 valence electrons. The molecule has 1 saturated heterocycles. The summed E-state index contributed by atoms with van der Waals surface area (Å²) in [6, 6.07) is 0. The van der Waals surface area contributed by atoms with Crippen LogP contribution in [-0.4, -0.2) is 28.2 Å². The van der Waals surface area contributed by atoms with Crippen LogP contribution in [0.15, 0.2) is 6.20 Å². The number of aliphatic hydroxyl groups excluding tert-OH is 1. The zero-order valence-electron chi connectivity index (χ0n) is 13.7. The highest BCUT2D eigenvalue weighted by molar-refractivity contribution is 5.49. The van der Waals surface area contributed by atoms with Gasteiger partial charge in [-0.25, -0.2) is 9.97 Å². The first kappa shape index (κ1) is 16.2. The number of rotatable bonds is 5. The van der Waals surface area contributed by atoms with Gasteiger partial charge < -0.3 is 10.0 Å². The molecule has 1 aromatic rings. The molecule has 1 aliphatic heterocycles. The third-order valence-corrected chi connectivity index (χ3v) is 4.42. The van der Waals surface area contributed by atoms with Crippen LogP contribution in [0, 0.1) is 5.92 Å². The summed E-state index contributed by atoms with van der Waals surface area (Å²) in [4.78, 5) is 11.4. The van der Waals surface area contributed by atoms with Gasteiger partial charge in [-0.1, -0.05) is 33.6 Å².